The lowest BCUT2D eigenvalue weighted by Crippen LogP contribution is -2.14. The summed E-state index contributed by atoms with van der Waals surface area (Å²) in [6.45, 7) is -0.662. The maximum absolute atomic E-state index is 10.7. The van der Waals surface area contributed by atoms with E-state index in [1.54, 1.807) is 24.3 Å². The van der Waals surface area contributed by atoms with Crippen LogP contribution >= 0.6 is 11.6 Å². The zero-order valence-corrected chi connectivity index (χ0v) is 7.62. The fraction of sp³-hybridized carbons (Fsp3) is 0.222. The summed E-state index contributed by atoms with van der Waals surface area (Å²) in [6.07, 6.45) is 0. The average Bonchev–Trinajstić information content (AvgIpc) is 2.16. The highest BCUT2D eigenvalue weighted by Gasteiger charge is 2.03. The van der Waals surface area contributed by atoms with Gasteiger partial charge in [0.05, 0.1) is 5.02 Å². The van der Waals surface area contributed by atoms with Crippen molar-refractivity contribution in [3.63, 3.8) is 0 Å². The van der Waals surface area contributed by atoms with Crippen molar-refractivity contribution in [3.05, 3.63) is 29.3 Å². The smallest absolute Gasteiger partial charge is 0.195 e. The molecule has 0 saturated heterocycles. The number of halogens is 1. The standard InChI is InChI=1S/C9H9ClO3/c10-8-3-1-2-4-9(8)13-6-7(12)5-11/h1-4,11H,5-6H2. The molecule has 0 saturated carbocycles. The van der Waals surface area contributed by atoms with Gasteiger partial charge >= 0.3 is 0 Å². The third-order valence-corrected chi connectivity index (χ3v) is 1.71. The number of ketones is 1. The molecular formula is C9H9ClO3. The highest BCUT2D eigenvalue weighted by Crippen LogP contribution is 2.22. The number of carbonyl (C=O) groups excluding carboxylic acids is 1. The Labute approximate surface area is 80.9 Å². The van der Waals surface area contributed by atoms with Gasteiger partial charge in [-0.05, 0) is 12.1 Å². The van der Waals surface area contributed by atoms with E-state index >= 15 is 0 Å². The van der Waals surface area contributed by atoms with E-state index in [-0.39, 0.29) is 12.4 Å². The number of aliphatic hydroxyl groups excluding tert-OH is 1. The van der Waals surface area contributed by atoms with Crippen molar-refractivity contribution in [1.82, 2.24) is 0 Å². The van der Waals surface area contributed by atoms with Crippen molar-refractivity contribution in [2.45, 2.75) is 0 Å². The molecule has 1 rings (SSSR count). The molecule has 0 aliphatic carbocycles. The van der Waals surface area contributed by atoms with Crippen molar-refractivity contribution >= 4 is 17.4 Å². The Bertz CT molecular complexity index is 299. The number of hydrogen-bond acceptors (Lipinski definition) is 3. The number of Topliss-reactive ketones (excluding diaryl/α,β-unsaturated/α-hetero) is 1. The number of carbonyl (C=O) groups is 1. The van der Waals surface area contributed by atoms with E-state index in [4.69, 9.17) is 21.4 Å². The van der Waals surface area contributed by atoms with Crippen molar-refractivity contribution in [1.29, 1.82) is 0 Å². The van der Waals surface area contributed by atoms with E-state index in [0.717, 1.165) is 0 Å². The van der Waals surface area contributed by atoms with Crippen LogP contribution in [0, 0.1) is 0 Å². The number of para-hydroxylation sites is 1. The summed E-state index contributed by atoms with van der Waals surface area (Å²) in [5, 5.41) is 8.87. The first kappa shape index (κ1) is 10.0. The number of benzene rings is 1. The highest BCUT2D eigenvalue weighted by molar-refractivity contribution is 6.32. The monoisotopic (exact) mass is 200 g/mol. The van der Waals surface area contributed by atoms with Crippen LogP contribution in [0.3, 0.4) is 0 Å². The minimum atomic E-state index is -0.509. The molecule has 0 aliphatic heterocycles. The van der Waals surface area contributed by atoms with E-state index < -0.39 is 6.61 Å². The van der Waals surface area contributed by atoms with E-state index in [0.29, 0.717) is 10.8 Å². The summed E-state index contributed by atoms with van der Waals surface area (Å²) in [5.74, 6) is 0.0749. The Hall–Kier alpha value is -1.06. The zero-order chi connectivity index (χ0) is 9.68. The van der Waals surface area contributed by atoms with Crippen molar-refractivity contribution in [2.24, 2.45) is 0 Å². The Balaban J connectivity index is 2.54. The second kappa shape index (κ2) is 4.84. The summed E-state index contributed by atoms with van der Waals surface area (Å²) >= 11 is 5.75. The van der Waals surface area contributed by atoms with Gasteiger partial charge in [0.15, 0.2) is 5.78 Å². The molecule has 1 N–H and O–H groups in total. The minimum absolute atomic E-state index is 0.153. The van der Waals surface area contributed by atoms with Gasteiger partial charge in [-0.15, -0.1) is 0 Å². The quantitative estimate of drug-likeness (QED) is 0.797. The number of ether oxygens (including phenoxy) is 1. The summed E-state index contributed by atoms with van der Waals surface area (Å²) in [7, 11) is 0. The molecule has 0 spiro atoms. The van der Waals surface area contributed by atoms with Crippen molar-refractivity contribution in [3.8, 4) is 5.75 Å². The summed E-state index contributed by atoms with van der Waals surface area (Å²) in [6, 6.07) is 6.85. The lowest BCUT2D eigenvalue weighted by Gasteiger charge is -2.05. The van der Waals surface area contributed by atoms with Crippen LogP contribution in [-0.2, 0) is 4.79 Å². The molecule has 3 nitrogen and oxygen atoms in total. The summed E-state index contributed by atoms with van der Waals surface area (Å²) < 4.78 is 5.05. The van der Waals surface area contributed by atoms with Crippen LogP contribution < -0.4 is 4.74 Å². The van der Waals surface area contributed by atoms with E-state index in [1.807, 2.05) is 0 Å². The molecular weight excluding hydrogens is 192 g/mol. The number of rotatable bonds is 4. The predicted octanol–water partition coefficient (Wildman–Crippen LogP) is 1.28. The van der Waals surface area contributed by atoms with Crippen molar-refractivity contribution in [2.75, 3.05) is 13.2 Å². The molecule has 1 aromatic rings. The van der Waals surface area contributed by atoms with E-state index in [2.05, 4.69) is 0 Å². The topological polar surface area (TPSA) is 46.5 Å². The zero-order valence-electron chi connectivity index (χ0n) is 6.87. The first-order valence-electron chi connectivity index (χ1n) is 3.74. The molecule has 4 heteroatoms. The average molecular weight is 201 g/mol. The second-order valence-corrected chi connectivity index (χ2v) is 2.82. The first-order valence-corrected chi connectivity index (χ1v) is 4.11. The summed E-state index contributed by atoms with van der Waals surface area (Å²) in [5.41, 5.74) is 0. The van der Waals surface area contributed by atoms with Gasteiger partial charge in [0, 0.05) is 0 Å². The molecule has 1 aromatic carbocycles. The third-order valence-electron chi connectivity index (χ3n) is 1.40. The van der Waals surface area contributed by atoms with Crippen LogP contribution in [0.1, 0.15) is 0 Å². The lowest BCUT2D eigenvalue weighted by atomic mass is 10.3. The van der Waals surface area contributed by atoms with Gasteiger partial charge < -0.3 is 9.84 Å². The predicted molar refractivity (Wildman–Crippen MR) is 49.0 cm³/mol. The summed E-state index contributed by atoms with van der Waals surface area (Å²) in [4.78, 5) is 10.7. The molecule has 0 bridgehead atoms. The van der Waals surface area contributed by atoms with Crippen LogP contribution in [0.15, 0.2) is 24.3 Å². The molecule has 0 heterocycles. The van der Waals surface area contributed by atoms with Crippen LogP contribution in [0.4, 0.5) is 0 Å². The molecule has 0 radical (unpaired) electrons. The van der Waals surface area contributed by atoms with Gasteiger partial charge in [0.2, 0.25) is 0 Å². The highest BCUT2D eigenvalue weighted by atomic mass is 35.5. The van der Waals surface area contributed by atoms with Crippen LogP contribution in [0.2, 0.25) is 5.02 Å². The number of aliphatic hydroxyl groups is 1. The minimum Gasteiger partial charge on any atom is -0.484 e. The molecule has 70 valence electrons. The molecule has 0 amide bonds. The molecule has 0 aromatic heterocycles. The molecule has 0 fully saturated rings. The second-order valence-electron chi connectivity index (χ2n) is 2.42. The van der Waals surface area contributed by atoms with Crippen LogP contribution in [-0.4, -0.2) is 24.1 Å². The van der Waals surface area contributed by atoms with Gasteiger partial charge in [-0.3, -0.25) is 4.79 Å². The lowest BCUT2D eigenvalue weighted by molar-refractivity contribution is -0.123. The maximum Gasteiger partial charge on any atom is 0.195 e. The first-order chi connectivity index (χ1) is 6.24. The van der Waals surface area contributed by atoms with E-state index in [1.165, 1.54) is 0 Å². The number of hydrogen-bond donors (Lipinski definition) is 1. The largest absolute Gasteiger partial charge is 0.484 e. The molecule has 0 atom stereocenters. The van der Waals surface area contributed by atoms with Crippen molar-refractivity contribution < 1.29 is 14.6 Å². The van der Waals surface area contributed by atoms with Crippen LogP contribution in [0.5, 0.6) is 5.75 Å². The molecule has 0 aliphatic rings. The fourth-order valence-corrected chi connectivity index (χ4v) is 0.956. The van der Waals surface area contributed by atoms with Gasteiger partial charge in [-0.25, -0.2) is 0 Å². The fourth-order valence-electron chi connectivity index (χ4n) is 0.766. The van der Waals surface area contributed by atoms with Gasteiger partial charge in [-0.2, -0.15) is 0 Å². The van der Waals surface area contributed by atoms with Gasteiger partial charge in [0.1, 0.15) is 19.0 Å². The van der Waals surface area contributed by atoms with E-state index in [9.17, 15) is 4.79 Å². The maximum atomic E-state index is 10.7. The molecule has 13 heavy (non-hydrogen) atoms. The Kier molecular flexibility index (Phi) is 3.73. The third kappa shape index (κ3) is 3.05. The SMILES string of the molecule is O=C(CO)COc1ccccc1Cl. The Morgan fingerprint density at radius 1 is 1.46 bits per heavy atom. The molecule has 0 unspecified atom stereocenters. The van der Waals surface area contributed by atoms with Crippen LogP contribution in [0.25, 0.3) is 0 Å². The Morgan fingerprint density at radius 3 is 2.77 bits per heavy atom. The van der Waals surface area contributed by atoms with Gasteiger partial charge in [0.25, 0.3) is 0 Å². The van der Waals surface area contributed by atoms with Gasteiger partial charge in [-0.1, -0.05) is 23.7 Å². The normalized spacial score (nSPS) is 9.69. The Morgan fingerprint density at radius 2 is 2.15 bits per heavy atom.